The van der Waals surface area contributed by atoms with Crippen molar-refractivity contribution >= 4 is 31.9 Å². The molecular formula is C34H52N4O10S2. The molecule has 50 heavy (non-hydrogen) atoms. The summed E-state index contributed by atoms with van der Waals surface area (Å²) in [4.78, 5) is 30.2. The molecule has 0 spiro atoms. The van der Waals surface area contributed by atoms with Gasteiger partial charge in [0.25, 0.3) is 0 Å². The summed E-state index contributed by atoms with van der Waals surface area (Å²) in [7, 11) is -7.84. The SMILES string of the molecule is CC[C@H](NS(=O)(=O)c1ccc(C)cc1)C(=O)N1CCOCCOCCN(C(=O)[C@H](CC)NS(=O)(=O)c2ccc(C)cc2)CCOCCOCC1. The van der Waals surface area contributed by atoms with E-state index in [1.165, 1.54) is 34.1 Å². The maximum atomic E-state index is 13.5. The third kappa shape index (κ3) is 13.3. The molecule has 16 heteroatoms. The molecular weight excluding hydrogens is 689 g/mol. The number of nitrogens with zero attached hydrogens (tertiary/aromatic N) is 2. The molecule has 2 aromatic rings. The standard InChI is InChI=1S/C34H52N4O10S2/c1-5-31(35-49(41,42)29-11-7-27(3)8-12-29)33(39)37-15-19-45-23-25-47-21-17-38(18-22-48-26-24-46-20-16-37)34(40)32(6-2)36-50(43,44)30-13-9-28(4)10-14-30/h7-14,31-32,35-36H,5-6,15-26H2,1-4H3/t31-,32-/m0/s1. The fourth-order valence-corrected chi connectivity index (χ4v) is 7.56. The first-order chi connectivity index (χ1) is 23.9. The Bertz CT molecular complexity index is 1420. The summed E-state index contributed by atoms with van der Waals surface area (Å²) in [5.41, 5.74) is 1.84. The van der Waals surface area contributed by atoms with Crippen LogP contribution in [0.4, 0.5) is 0 Å². The molecule has 14 nitrogen and oxygen atoms in total. The summed E-state index contributed by atoms with van der Waals surface area (Å²) in [6.07, 6.45) is 0.502. The first-order valence-electron chi connectivity index (χ1n) is 16.9. The highest BCUT2D eigenvalue weighted by molar-refractivity contribution is 7.89. The van der Waals surface area contributed by atoms with Crippen LogP contribution in [0, 0.1) is 13.8 Å². The fourth-order valence-electron chi connectivity index (χ4n) is 5.01. The van der Waals surface area contributed by atoms with E-state index in [2.05, 4.69) is 9.44 Å². The maximum absolute atomic E-state index is 13.5. The van der Waals surface area contributed by atoms with Gasteiger partial charge in [0.15, 0.2) is 0 Å². The lowest BCUT2D eigenvalue weighted by Crippen LogP contribution is -2.50. The van der Waals surface area contributed by atoms with E-state index in [0.29, 0.717) is 0 Å². The minimum Gasteiger partial charge on any atom is -0.377 e. The Morgan fingerprint density at radius 2 is 0.840 bits per heavy atom. The normalized spacial score (nSPS) is 18.1. The van der Waals surface area contributed by atoms with Crippen LogP contribution >= 0.6 is 0 Å². The summed E-state index contributed by atoms with van der Waals surface area (Å²) < 4.78 is 80.0. The zero-order valence-corrected chi connectivity index (χ0v) is 31.1. The molecule has 2 aromatic carbocycles. The first kappa shape index (κ1) is 41.5. The second-order valence-electron chi connectivity index (χ2n) is 11.9. The molecule has 1 aliphatic heterocycles. The van der Waals surface area contributed by atoms with Gasteiger partial charge in [-0.15, -0.1) is 0 Å². The predicted octanol–water partition coefficient (Wildman–Crippen LogP) is 1.85. The average molecular weight is 741 g/mol. The van der Waals surface area contributed by atoms with Crippen molar-refractivity contribution in [3.8, 4) is 0 Å². The number of amides is 2. The highest BCUT2D eigenvalue weighted by Gasteiger charge is 2.29. The Morgan fingerprint density at radius 3 is 1.10 bits per heavy atom. The fraction of sp³-hybridized carbons (Fsp3) is 0.588. The summed E-state index contributed by atoms with van der Waals surface area (Å²) >= 11 is 0. The van der Waals surface area contributed by atoms with Crippen LogP contribution in [0.1, 0.15) is 37.8 Å². The molecule has 0 unspecified atom stereocenters. The molecule has 1 saturated heterocycles. The Morgan fingerprint density at radius 1 is 0.560 bits per heavy atom. The van der Waals surface area contributed by atoms with Crippen LogP contribution in [-0.4, -0.2) is 130 Å². The Kier molecular flexibility index (Phi) is 17.2. The number of hydrogen-bond donors (Lipinski definition) is 2. The topological polar surface area (TPSA) is 170 Å². The number of carbonyl (C=O) groups is 2. The molecule has 0 radical (unpaired) electrons. The number of nitrogens with one attached hydrogen (secondary N) is 2. The van der Waals surface area contributed by atoms with Crippen molar-refractivity contribution < 1.29 is 45.4 Å². The zero-order chi connectivity index (χ0) is 36.6. The van der Waals surface area contributed by atoms with Gasteiger partial charge in [-0.05, 0) is 51.0 Å². The number of ether oxygens (including phenoxy) is 4. The first-order valence-corrected chi connectivity index (χ1v) is 19.9. The van der Waals surface area contributed by atoms with E-state index in [1.807, 2.05) is 13.8 Å². The molecule has 3 rings (SSSR count). The summed E-state index contributed by atoms with van der Waals surface area (Å²) in [6.45, 7) is 9.67. The summed E-state index contributed by atoms with van der Waals surface area (Å²) in [6, 6.07) is 10.9. The van der Waals surface area contributed by atoms with Gasteiger partial charge in [-0.2, -0.15) is 9.44 Å². The lowest BCUT2D eigenvalue weighted by atomic mass is 10.2. The summed E-state index contributed by atoms with van der Waals surface area (Å²) in [5, 5.41) is 0. The van der Waals surface area contributed by atoms with Gasteiger partial charge < -0.3 is 28.7 Å². The summed E-state index contributed by atoms with van der Waals surface area (Å²) in [5.74, 6) is -0.762. The largest absolute Gasteiger partial charge is 0.377 e. The third-order valence-corrected chi connectivity index (χ3v) is 11.0. The van der Waals surface area contributed by atoms with Crippen LogP contribution < -0.4 is 9.44 Å². The van der Waals surface area contributed by atoms with Gasteiger partial charge in [0.2, 0.25) is 31.9 Å². The smallest absolute Gasteiger partial charge is 0.241 e. The molecule has 1 aliphatic rings. The molecule has 0 saturated carbocycles. The van der Waals surface area contributed by atoms with Crippen molar-refractivity contribution in [3.05, 3.63) is 59.7 Å². The molecule has 2 atom stereocenters. The number of carbonyl (C=O) groups excluding carboxylic acids is 2. The molecule has 2 amide bonds. The quantitative estimate of drug-likeness (QED) is 0.367. The lowest BCUT2D eigenvalue weighted by molar-refractivity contribution is -0.136. The van der Waals surface area contributed by atoms with E-state index >= 15 is 0 Å². The van der Waals surface area contributed by atoms with Crippen molar-refractivity contribution in [2.45, 2.75) is 62.4 Å². The molecule has 1 fully saturated rings. The highest BCUT2D eigenvalue weighted by atomic mass is 32.2. The van der Waals surface area contributed by atoms with E-state index < -0.39 is 32.1 Å². The average Bonchev–Trinajstić information content (AvgIpc) is 3.09. The van der Waals surface area contributed by atoms with E-state index in [1.54, 1.807) is 38.1 Å². The van der Waals surface area contributed by atoms with Crippen LogP contribution in [0.3, 0.4) is 0 Å². The van der Waals surface area contributed by atoms with E-state index in [0.717, 1.165) is 11.1 Å². The van der Waals surface area contributed by atoms with Crippen molar-refractivity contribution in [1.29, 1.82) is 0 Å². The van der Waals surface area contributed by atoms with Crippen LogP contribution in [0.25, 0.3) is 0 Å². The highest BCUT2D eigenvalue weighted by Crippen LogP contribution is 2.14. The number of rotatable bonds is 10. The molecule has 0 bridgehead atoms. The van der Waals surface area contributed by atoms with Gasteiger partial charge >= 0.3 is 0 Å². The van der Waals surface area contributed by atoms with Gasteiger partial charge in [-0.1, -0.05) is 49.2 Å². The minimum absolute atomic E-state index is 0.0844. The second-order valence-corrected chi connectivity index (χ2v) is 15.3. The number of sulfonamides is 2. The molecule has 1 heterocycles. The van der Waals surface area contributed by atoms with Gasteiger partial charge in [-0.3, -0.25) is 9.59 Å². The van der Waals surface area contributed by atoms with Crippen LogP contribution in [0.2, 0.25) is 0 Å². The van der Waals surface area contributed by atoms with Crippen molar-refractivity contribution in [3.63, 3.8) is 0 Å². The number of benzene rings is 2. The Hall–Kier alpha value is -2.96. The molecule has 280 valence electrons. The minimum atomic E-state index is -3.92. The second kappa shape index (κ2) is 20.8. The predicted molar refractivity (Wildman–Crippen MR) is 188 cm³/mol. The van der Waals surface area contributed by atoms with Gasteiger partial charge in [0.1, 0.15) is 12.1 Å². The number of aryl methyl sites for hydroxylation is 2. The Labute approximate surface area is 296 Å². The van der Waals surface area contributed by atoms with Crippen LogP contribution in [0.5, 0.6) is 0 Å². The van der Waals surface area contributed by atoms with Crippen molar-refractivity contribution in [1.82, 2.24) is 19.2 Å². The Balaban J connectivity index is 1.56. The monoisotopic (exact) mass is 740 g/mol. The number of hydrogen-bond acceptors (Lipinski definition) is 10. The lowest BCUT2D eigenvalue weighted by Gasteiger charge is -2.28. The third-order valence-electron chi connectivity index (χ3n) is 8.06. The van der Waals surface area contributed by atoms with Crippen LogP contribution in [0.15, 0.2) is 58.3 Å². The van der Waals surface area contributed by atoms with E-state index in [4.69, 9.17) is 18.9 Å². The van der Waals surface area contributed by atoms with Gasteiger partial charge in [0, 0.05) is 26.2 Å². The van der Waals surface area contributed by atoms with E-state index in [-0.39, 0.29) is 113 Å². The molecule has 0 aliphatic carbocycles. The van der Waals surface area contributed by atoms with Crippen molar-refractivity contribution in [2.75, 3.05) is 79.0 Å². The van der Waals surface area contributed by atoms with E-state index in [9.17, 15) is 26.4 Å². The molecule has 0 aromatic heterocycles. The molecule has 2 N–H and O–H groups in total. The van der Waals surface area contributed by atoms with Crippen molar-refractivity contribution in [2.24, 2.45) is 0 Å². The van der Waals surface area contributed by atoms with Crippen LogP contribution in [-0.2, 0) is 48.6 Å². The maximum Gasteiger partial charge on any atom is 0.241 e. The van der Waals surface area contributed by atoms with Gasteiger partial charge in [-0.25, -0.2) is 16.8 Å². The van der Waals surface area contributed by atoms with Gasteiger partial charge in [0.05, 0.1) is 62.6 Å². The zero-order valence-electron chi connectivity index (χ0n) is 29.5.